The number of hydroxylamine groups is 1. The highest BCUT2D eigenvalue weighted by molar-refractivity contribution is 5.54. The number of alkyl halides is 3. The number of nitrogens with one attached hydrogen (secondary N) is 1. The number of aromatic nitrogens is 1. The van der Waals surface area contributed by atoms with Crippen LogP contribution in [0.2, 0.25) is 0 Å². The maximum atomic E-state index is 12.7. The van der Waals surface area contributed by atoms with Gasteiger partial charge in [0.2, 0.25) is 5.89 Å². The van der Waals surface area contributed by atoms with Crippen molar-refractivity contribution < 1.29 is 27.5 Å². The molecular formula is C22H19F3N2O3. The van der Waals surface area contributed by atoms with Gasteiger partial charge in [0.15, 0.2) is 0 Å². The summed E-state index contributed by atoms with van der Waals surface area (Å²) in [5.74, 6) is 6.59. The van der Waals surface area contributed by atoms with Crippen LogP contribution in [0.3, 0.4) is 0 Å². The first kappa shape index (κ1) is 21.4. The summed E-state index contributed by atoms with van der Waals surface area (Å²) in [6.07, 6.45) is -2.99. The third-order valence-corrected chi connectivity index (χ3v) is 4.08. The van der Waals surface area contributed by atoms with Gasteiger partial charge in [0, 0.05) is 11.1 Å². The molecule has 5 nitrogen and oxygen atoms in total. The average molecular weight is 416 g/mol. The zero-order valence-electron chi connectivity index (χ0n) is 16.2. The van der Waals surface area contributed by atoms with Crippen molar-refractivity contribution in [3.63, 3.8) is 0 Å². The third kappa shape index (κ3) is 5.63. The molecule has 1 heterocycles. The van der Waals surface area contributed by atoms with Crippen LogP contribution in [0, 0.1) is 18.8 Å². The SMILES string of the molecule is Cc1cc(C#CC(C)NO)cc(OCc2coc(-c3ccc(C(F)(F)F)cc3)n2)c1. The van der Waals surface area contributed by atoms with E-state index in [-0.39, 0.29) is 18.5 Å². The summed E-state index contributed by atoms with van der Waals surface area (Å²) in [5.41, 5.74) is 3.95. The zero-order valence-corrected chi connectivity index (χ0v) is 16.2. The van der Waals surface area contributed by atoms with E-state index in [9.17, 15) is 13.2 Å². The molecule has 156 valence electrons. The van der Waals surface area contributed by atoms with Gasteiger partial charge in [-0.2, -0.15) is 18.7 Å². The number of ether oxygens (including phenoxy) is 1. The van der Waals surface area contributed by atoms with Gasteiger partial charge in [-0.3, -0.25) is 0 Å². The second kappa shape index (κ2) is 9.03. The molecule has 0 saturated carbocycles. The molecule has 0 radical (unpaired) electrons. The molecule has 2 N–H and O–H groups in total. The van der Waals surface area contributed by atoms with Crippen molar-refractivity contribution in [2.75, 3.05) is 0 Å². The number of aryl methyl sites for hydroxylation is 1. The fourth-order valence-corrected chi connectivity index (χ4v) is 2.59. The molecule has 1 aromatic heterocycles. The Morgan fingerprint density at radius 3 is 2.60 bits per heavy atom. The molecule has 3 rings (SSSR count). The van der Waals surface area contributed by atoms with Crippen molar-refractivity contribution in [2.24, 2.45) is 0 Å². The molecule has 2 aromatic carbocycles. The van der Waals surface area contributed by atoms with E-state index >= 15 is 0 Å². The van der Waals surface area contributed by atoms with Crippen LogP contribution < -0.4 is 10.2 Å². The van der Waals surface area contributed by atoms with Gasteiger partial charge >= 0.3 is 6.18 Å². The summed E-state index contributed by atoms with van der Waals surface area (Å²) in [7, 11) is 0. The molecule has 0 aliphatic heterocycles. The normalized spacial score (nSPS) is 12.2. The molecule has 0 aliphatic carbocycles. The lowest BCUT2D eigenvalue weighted by Crippen LogP contribution is -2.19. The molecule has 30 heavy (non-hydrogen) atoms. The van der Waals surface area contributed by atoms with Gasteiger partial charge in [-0.15, -0.1) is 0 Å². The minimum Gasteiger partial charge on any atom is -0.487 e. The highest BCUT2D eigenvalue weighted by Crippen LogP contribution is 2.30. The lowest BCUT2D eigenvalue weighted by molar-refractivity contribution is -0.137. The number of rotatable bonds is 5. The number of hydrogen-bond acceptors (Lipinski definition) is 5. The molecule has 0 aliphatic rings. The summed E-state index contributed by atoms with van der Waals surface area (Å²) in [6.45, 7) is 3.75. The Bertz CT molecular complexity index is 1060. The first-order valence-corrected chi connectivity index (χ1v) is 9.02. The Balaban J connectivity index is 1.68. The van der Waals surface area contributed by atoms with E-state index in [4.69, 9.17) is 14.4 Å². The third-order valence-electron chi connectivity index (χ3n) is 4.08. The predicted octanol–water partition coefficient (Wildman–Crippen LogP) is 4.97. The lowest BCUT2D eigenvalue weighted by Gasteiger charge is -2.06. The number of oxazole rings is 1. The van der Waals surface area contributed by atoms with Gasteiger partial charge in [-0.25, -0.2) is 4.98 Å². The summed E-state index contributed by atoms with van der Waals surface area (Å²) in [5, 5.41) is 8.82. The Morgan fingerprint density at radius 1 is 1.20 bits per heavy atom. The summed E-state index contributed by atoms with van der Waals surface area (Å²) in [6, 6.07) is 9.73. The number of benzene rings is 2. The number of halogens is 3. The highest BCUT2D eigenvalue weighted by Gasteiger charge is 2.30. The van der Waals surface area contributed by atoms with E-state index in [1.165, 1.54) is 18.4 Å². The van der Waals surface area contributed by atoms with Gasteiger partial charge in [-0.05, 0) is 61.9 Å². The number of nitrogens with zero attached hydrogens (tertiary/aromatic N) is 1. The Hall–Kier alpha value is -3.28. The van der Waals surface area contributed by atoms with E-state index in [1.54, 1.807) is 13.0 Å². The van der Waals surface area contributed by atoms with E-state index < -0.39 is 11.7 Å². The Kier molecular flexibility index (Phi) is 6.45. The van der Waals surface area contributed by atoms with E-state index in [1.807, 2.05) is 19.1 Å². The molecule has 0 bridgehead atoms. The Labute approximate surface area is 171 Å². The molecule has 0 amide bonds. The van der Waals surface area contributed by atoms with Gasteiger partial charge in [-0.1, -0.05) is 11.8 Å². The van der Waals surface area contributed by atoms with Crippen LogP contribution in [0.5, 0.6) is 5.75 Å². The number of hydrogen-bond donors (Lipinski definition) is 2. The predicted molar refractivity (Wildman–Crippen MR) is 104 cm³/mol. The molecule has 3 aromatic rings. The quantitative estimate of drug-likeness (QED) is 0.454. The van der Waals surface area contributed by atoms with Crippen LogP contribution in [0.4, 0.5) is 13.2 Å². The smallest absolute Gasteiger partial charge is 0.416 e. The van der Waals surface area contributed by atoms with Gasteiger partial charge in [0.25, 0.3) is 0 Å². The van der Waals surface area contributed by atoms with E-state index in [2.05, 4.69) is 22.3 Å². The van der Waals surface area contributed by atoms with Gasteiger partial charge < -0.3 is 14.4 Å². The average Bonchev–Trinajstić information content (AvgIpc) is 3.18. The minimum absolute atomic E-state index is 0.120. The first-order chi connectivity index (χ1) is 14.2. The molecule has 1 unspecified atom stereocenters. The molecule has 8 heteroatoms. The van der Waals surface area contributed by atoms with Crippen molar-refractivity contribution in [3.05, 3.63) is 71.1 Å². The van der Waals surface area contributed by atoms with Crippen LogP contribution in [0.25, 0.3) is 11.5 Å². The highest BCUT2D eigenvalue weighted by atomic mass is 19.4. The summed E-state index contributed by atoms with van der Waals surface area (Å²) >= 11 is 0. The van der Waals surface area contributed by atoms with Crippen LogP contribution in [-0.2, 0) is 12.8 Å². The fourth-order valence-electron chi connectivity index (χ4n) is 2.59. The summed E-state index contributed by atoms with van der Waals surface area (Å²) < 4.78 is 49.1. The van der Waals surface area contributed by atoms with Crippen LogP contribution in [-0.4, -0.2) is 16.2 Å². The van der Waals surface area contributed by atoms with E-state index in [0.717, 1.165) is 23.3 Å². The maximum Gasteiger partial charge on any atom is 0.416 e. The second-order valence-electron chi connectivity index (χ2n) is 6.66. The summed E-state index contributed by atoms with van der Waals surface area (Å²) in [4.78, 5) is 4.27. The van der Waals surface area contributed by atoms with Crippen LogP contribution in [0.1, 0.15) is 29.3 Å². The van der Waals surface area contributed by atoms with Crippen molar-refractivity contribution >= 4 is 0 Å². The Morgan fingerprint density at radius 2 is 1.93 bits per heavy atom. The van der Waals surface area contributed by atoms with Gasteiger partial charge in [0.05, 0.1) is 11.6 Å². The van der Waals surface area contributed by atoms with Crippen molar-refractivity contribution in [1.82, 2.24) is 10.5 Å². The zero-order chi connectivity index (χ0) is 21.7. The van der Waals surface area contributed by atoms with Crippen molar-refractivity contribution in [3.8, 4) is 29.0 Å². The van der Waals surface area contributed by atoms with E-state index in [0.29, 0.717) is 17.0 Å². The molecule has 0 fully saturated rings. The molecule has 1 atom stereocenters. The molecule has 0 saturated heterocycles. The first-order valence-electron chi connectivity index (χ1n) is 9.02. The van der Waals surface area contributed by atoms with Crippen molar-refractivity contribution in [1.29, 1.82) is 0 Å². The fraction of sp³-hybridized carbons (Fsp3) is 0.227. The van der Waals surface area contributed by atoms with Gasteiger partial charge in [0.1, 0.15) is 24.3 Å². The largest absolute Gasteiger partial charge is 0.487 e. The lowest BCUT2D eigenvalue weighted by atomic mass is 10.1. The standard InChI is InChI=1S/C22H19F3N2O3/c1-14-9-16(4-3-15(2)27-28)11-20(10-14)29-12-19-13-30-21(26-19)17-5-7-18(8-6-17)22(23,24)25/h5-11,13,15,27-28H,12H2,1-2H3. The maximum absolute atomic E-state index is 12.7. The van der Waals surface area contributed by atoms with Crippen LogP contribution >= 0.6 is 0 Å². The van der Waals surface area contributed by atoms with Crippen molar-refractivity contribution in [2.45, 2.75) is 32.7 Å². The second-order valence-corrected chi connectivity index (χ2v) is 6.66. The monoisotopic (exact) mass is 416 g/mol. The molecule has 0 spiro atoms. The topological polar surface area (TPSA) is 67.5 Å². The molecular weight excluding hydrogens is 397 g/mol. The van der Waals surface area contributed by atoms with Crippen LogP contribution in [0.15, 0.2) is 53.1 Å². The minimum atomic E-state index is -4.39.